The van der Waals surface area contributed by atoms with Crippen LogP contribution in [-0.2, 0) is 0 Å². The van der Waals surface area contributed by atoms with Crippen LogP contribution in [0, 0.1) is 0 Å². The molecule has 0 saturated carbocycles. The van der Waals surface area contributed by atoms with E-state index in [9.17, 15) is 0 Å². The molecule has 1 fully saturated rings. The van der Waals surface area contributed by atoms with Gasteiger partial charge in [-0.15, -0.1) is 0 Å². The van der Waals surface area contributed by atoms with Gasteiger partial charge in [-0.2, -0.15) is 0 Å². The van der Waals surface area contributed by atoms with E-state index in [2.05, 4.69) is 25.1 Å². The van der Waals surface area contributed by atoms with Gasteiger partial charge in [0.25, 0.3) is 0 Å². The second kappa shape index (κ2) is 3.70. The molecule has 0 spiro atoms. The summed E-state index contributed by atoms with van der Waals surface area (Å²) in [5, 5.41) is 0. The topological polar surface area (TPSA) is 12.9 Å². The van der Waals surface area contributed by atoms with Crippen molar-refractivity contribution in [2.75, 3.05) is 20.6 Å². The van der Waals surface area contributed by atoms with E-state index in [1.165, 1.54) is 31.4 Å². The Balaban J connectivity index is 2.24. The molecule has 0 aliphatic carbocycles. The molecule has 0 radical (unpaired) electrons. The summed E-state index contributed by atoms with van der Waals surface area (Å²) in [6.07, 6.45) is 7.91. The molecule has 0 N–H and O–H groups in total. The maximum atomic E-state index is 4.22. The minimum absolute atomic E-state index is 0.650. The Hall–Kier alpha value is -0.890. The summed E-state index contributed by atoms with van der Waals surface area (Å²) in [4.78, 5) is 4.22. The van der Waals surface area contributed by atoms with Gasteiger partial charge in [-0.05, 0) is 18.9 Å². The van der Waals surface area contributed by atoms with E-state index >= 15 is 0 Å². The van der Waals surface area contributed by atoms with Crippen LogP contribution >= 0.6 is 0 Å². The monoisotopic (exact) mass is 191 g/mol. The second-order valence-corrected chi connectivity index (χ2v) is 4.80. The average Bonchev–Trinajstić information content (AvgIpc) is 2.18. The van der Waals surface area contributed by atoms with Crippen LogP contribution in [0.2, 0.25) is 0 Å². The number of nitrogens with zero attached hydrogens (tertiary/aromatic N) is 2. The number of aromatic nitrogens is 1. The smallest absolute Gasteiger partial charge is 0.116 e. The fourth-order valence-corrected chi connectivity index (χ4v) is 2.51. The van der Waals surface area contributed by atoms with E-state index in [-0.39, 0.29) is 0 Å². The highest BCUT2D eigenvalue weighted by Crippen LogP contribution is 2.33. The van der Waals surface area contributed by atoms with Gasteiger partial charge in [0.2, 0.25) is 0 Å². The number of hydrogen-bond donors (Lipinski definition) is 0. The molecule has 2 rings (SSSR count). The number of rotatable bonds is 1. The van der Waals surface area contributed by atoms with Crippen molar-refractivity contribution in [3.63, 3.8) is 0 Å². The van der Waals surface area contributed by atoms with Gasteiger partial charge in [-0.3, -0.25) is 4.98 Å². The Morgan fingerprint density at radius 1 is 1.36 bits per heavy atom. The highest BCUT2D eigenvalue weighted by molar-refractivity contribution is 5.12. The van der Waals surface area contributed by atoms with Gasteiger partial charge in [0.15, 0.2) is 0 Å². The van der Waals surface area contributed by atoms with Crippen LogP contribution in [0.1, 0.15) is 30.9 Å². The Morgan fingerprint density at radius 3 is 2.86 bits per heavy atom. The molecule has 2 heteroatoms. The molecule has 1 aliphatic rings. The summed E-state index contributed by atoms with van der Waals surface area (Å²) in [6, 6.07) is 4.91. The van der Waals surface area contributed by atoms with E-state index in [0.717, 1.165) is 4.48 Å². The number of piperidine rings is 1. The van der Waals surface area contributed by atoms with Crippen molar-refractivity contribution in [3.05, 3.63) is 30.1 Å². The first-order valence-corrected chi connectivity index (χ1v) is 5.43. The third-order valence-electron chi connectivity index (χ3n) is 3.37. The van der Waals surface area contributed by atoms with Gasteiger partial charge >= 0.3 is 0 Å². The zero-order chi connectivity index (χ0) is 10.0. The minimum Gasteiger partial charge on any atom is -0.322 e. The molecule has 14 heavy (non-hydrogen) atoms. The van der Waals surface area contributed by atoms with E-state index < -0.39 is 0 Å². The third-order valence-corrected chi connectivity index (χ3v) is 3.37. The van der Waals surface area contributed by atoms with Crippen molar-refractivity contribution in [2.45, 2.75) is 25.3 Å². The fraction of sp³-hybridized carbons (Fsp3) is 0.583. The van der Waals surface area contributed by atoms with Gasteiger partial charge in [0.05, 0.1) is 20.6 Å². The molecule has 1 atom stereocenters. The predicted molar refractivity (Wildman–Crippen MR) is 57.8 cm³/mol. The summed E-state index contributed by atoms with van der Waals surface area (Å²) >= 11 is 0. The van der Waals surface area contributed by atoms with Crippen molar-refractivity contribution in [3.8, 4) is 0 Å². The van der Waals surface area contributed by atoms with Crippen LogP contribution in [-0.4, -0.2) is 30.1 Å². The van der Waals surface area contributed by atoms with E-state index in [1.54, 1.807) is 0 Å². The molecule has 1 saturated heterocycles. The normalized spacial score (nSPS) is 26.0. The molecule has 0 bridgehead atoms. The molecule has 0 amide bonds. The zero-order valence-electron chi connectivity index (χ0n) is 9.11. The molecular weight excluding hydrogens is 172 g/mol. The lowest BCUT2D eigenvalue weighted by Crippen LogP contribution is -2.46. The van der Waals surface area contributed by atoms with E-state index in [0.29, 0.717) is 6.04 Å². The highest BCUT2D eigenvalue weighted by atomic mass is 15.3. The van der Waals surface area contributed by atoms with E-state index in [1.807, 2.05) is 18.5 Å². The SMILES string of the molecule is C[N+]1(C)CCCCC1c1cccnc1. The largest absolute Gasteiger partial charge is 0.322 e. The zero-order valence-corrected chi connectivity index (χ0v) is 9.11. The van der Waals surface area contributed by atoms with Gasteiger partial charge in [-0.1, -0.05) is 6.07 Å². The van der Waals surface area contributed by atoms with Crippen LogP contribution in [0.15, 0.2) is 24.5 Å². The molecule has 1 aromatic heterocycles. The Kier molecular flexibility index (Phi) is 2.55. The van der Waals surface area contributed by atoms with Crippen LogP contribution < -0.4 is 0 Å². The quantitative estimate of drug-likeness (QED) is 0.621. The molecule has 1 aromatic rings. The first-order chi connectivity index (χ1) is 6.70. The summed E-state index contributed by atoms with van der Waals surface area (Å²) in [5.41, 5.74) is 1.40. The molecular formula is C12H19N2+. The van der Waals surface area contributed by atoms with E-state index in [4.69, 9.17) is 0 Å². The van der Waals surface area contributed by atoms with Crippen molar-refractivity contribution in [1.29, 1.82) is 0 Å². The number of hydrogen-bond acceptors (Lipinski definition) is 1. The lowest BCUT2D eigenvalue weighted by molar-refractivity contribution is -0.926. The van der Waals surface area contributed by atoms with Crippen LogP contribution in [0.4, 0.5) is 0 Å². The van der Waals surface area contributed by atoms with Gasteiger partial charge in [0.1, 0.15) is 6.04 Å². The van der Waals surface area contributed by atoms with Crippen molar-refractivity contribution >= 4 is 0 Å². The van der Waals surface area contributed by atoms with Crippen molar-refractivity contribution in [2.24, 2.45) is 0 Å². The summed E-state index contributed by atoms with van der Waals surface area (Å²) in [6.45, 7) is 1.29. The summed E-state index contributed by atoms with van der Waals surface area (Å²) in [7, 11) is 4.66. The van der Waals surface area contributed by atoms with Crippen molar-refractivity contribution < 1.29 is 4.48 Å². The summed E-state index contributed by atoms with van der Waals surface area (Å²) < 4.78 is 1.12. The van der Waals surface area contributed by atoms with Gasteiger partial charge < -0.3 is 4.48 Å². The van der Waals surface area contributed by atoms with Crippen LogP contribution in [0.3, 0.4) is 0 Å². The van der Waals surface area contributed by atoms with Gasteiger partial charge in [-0.25, -0.2) is 0 Å². The van der Waals surface area contributed by atoms with Crippen LogP contribution in [0.5, 0.6) is 0 Å². The molecule has 0 aromatic carbocycles. The maximum Gasteiger partial charge on any atom is 0.116 e. The Labute approximate surface area is 86.2 Å². The number of likely N-dealkylation sites (tertiary alicyclic amines) is 1. The highest BCUT2D eigenvalue weighted by Gasteiger charge is 2.32. The first kappa shape index (κ1) is 9.66. The fourth-order valence-electron chi connectivity index (χ4n) is 2.51. The lowest BCUT2D eigenvalue weighted by Gasteiger charge is -2.41. The lowest BCUT2D eigenvalue weighted by atomic mass is 9.95. The minimum atomic E-state index is 0.650. The second-order valence-electron chi connectivity index (χ2n) is 4.80. The van der Waals surface area contributed by atoms with Crippen molar-refractivity contribution in [1.82, 2.24) is 4.98 Å². The maximum absolute atomic E-state index is 4.22. The number of quaternary nitrogens is 1. The molecule has 2 nitrogen and oxygen atoms in total. The Morgan fingerprint density at radius 2 is 2.21 bits per heavy atom. The van der Waals surface area contributed by atoms with Gasteiger partial charge in [0, 0.05) is 24.4 Å². The Bertz CT molecular complexity index is 292. The molecule has 2 heterocycles. The molecule has 76 valence electrons. The molecule has 1 unspecified atom stereocenters. The third kappa shape index (κ3) is 1.80. The molecule has 1 aliphatic heterocycles. The van der Waals surface area contributed by atoms with Crippen LogP contribution in [0.25, 0.3) is 0 Å². The summed E-state index contributed by atoms with van der Waals surface area (Å²) in [5.74, 6) is 0. The number of pyridine rings is 1. The predicted octanol–water partition coefficient (Wildman–Crippen LogP) is 2.38. The standard InChI is InChI=1S/C12H19N2/c1-14(2)9-4-3-7-12(14)11-6-5-8-13-10-11/h5-6,8,10,12H,3-4,7,9H2,1-2H3/q+1. The average molecular weight is 191 g/mol. The first-order valence-electron chi connectivity index (χ1n) is 5.43.